The Balaban J connectivity index is 3.35. The molecule has 1 rings (SSSR count). The summed E-state index contributed by atoms with van der Waals surface area (Å²) < 4.78 is 26.7. The predicted octanol–water partition coefficient (Wildman–Crippen LogP) is -2.73. The number of primary amides is 2. The minimum Gasteiger partial charge on any atom is -0.381 e. The molecule has 1 heterocycles. The summed E-state index contributed by atoms with van der Waals surface area (Å²) >= 11 is 0. The number of aryl methyl sites for hydroxylation is 1. The molecule has 0 radical (unpaired) electrons. The first-order chi connectivity index (χ1) is 9.07. The van der Waals surface area contributed by atoms with Crippen molar-refractivity contribution in [3.05, 3.63) is 5.69 Å². The Bertz CT molecular complexity index is 634. The molecule has 0 unspecified atom stereocenters. The van der Waals surface area contributed by atoms with E-state index in [1.165, 1.54) is 18.7 Å². The van der Waals surface area contributed by atoms with Crippen LogP contribution in [0.2, 0.25) is 0 Å². The van der Waals surface area contributed by atoms with Crippen molar-refractivity contribution in [2.45, 2.75) is 11.8 Å². The third kappa shape index (κ3) is 3.05. The van der Waals surface area contributed by atoms with E-state index in [0.29, 0.717) is 4.31 Å². The standard InChI is InChI=1S/C9H16N6O4S/c1-5-8(9(12)13-14(5)2)20(18,19)15(3-6(10)16)4-7(11)17/h3-4H2,1-2H3,(H2,10,16)(H2,11,17)(H2,12,13). The Morgan fingerprint density at radius 1 is 1.25 bits per heavy atom. The van der Waals surface area contributed by atoms with Gasteiger partial charge in [-0.1, -0.05) is 0 Å². The lowest BCUT2D eigenvalue weighted by atomic mass is 10.5. The summed E-state index contributed by atoms with van der Waals surface area (Å²) in [6.45, 7) is 0.126. The molecule has 0 fully saturated rings. The number of sulfonamides is 1. The number of carbonyl (C=O) groups is 2. The van der Waals surface area contributed by atoms with Crippen molar-refractivity contribution >= 4 is 27.7 Å². The second kappa shape index (κ2) is 5.46. The first kappa shape index (κ1) is 15.9. The molecular formula is C9H16N6O4S. The number of nitrogen functional groups attached to an aromatic ring is 1. The molecule has 10 nitrogen and oxygen atoms in total. The van der Waals surface area contributed by atoms with Crippen molar-refractivity contribution in [3.63, 3.8) is 0 Å². The maximum Gasteiger partial charge on any atom is 0.249 e. The molecule has 0 aliphatic heterocycles. The summed E-state index contributed by atoms with van der Waals surface area (Å²) in [4.78, 5) is 21.6. The topological polar surface area (TPSA) is 167 Å². The molecule has 0 bridgehead atoms. The zero-order chi connectivity index (χ0) is 15.7. The van der Waals surface area contributed by atoms with Crippen molar-refractivity contribution in [1.82, 2.24) is 14.1 Å². The van der Waals surface area contributed by atoms with Crippen LogP contribution in [0.5, 0.6) is 0 Å². The number of nitrogens with zero attached hydrogens (tertiary/aromatic N) is 3. The second-order valence-electron chi connectivity index (χ2n) is 4.13. The van der Waals surface area contributed by atoms with Gasteiger partial charge in [0.2, 0.25) is 21.8 Å². The van der Waals surface area contributed by atoms with E-state index >= 15 is 0 Å². The molecule has 0 aliphatic rings. The van der Waals surface area contributed by atoms with Crippen molar-refractivity contribution in [3.8, 4) is 0 Å². The Hall–Kier alpha value is -2.14. The lowest BCUT2D eigenvalue weighted by Crippen LogP contribution is -2.43. The lowest BCUT2D eigenvalue weighted by molar-refractivity contribution is -0.120. The van der Waals surface area contributed by atoms with Gasteiger partial charge in [-0.25, -0.2) is 8.42 Å². The van der Waals surface area contributed by atoms with Crippen LogP contribution in [0.4, 0.5) is 5.82 Å². The smallest absolute Gasteiger partial charge is 0.249 e. The first-order valence-corrected chi connectivity index (χ1v) is 6.87. The number of hydrogen-bond donors (Lipinski definition) is 3. The van der Waals surface area contributed by atoms with E-state index in [1.54, 1.807) is 0 Å². The molecule has 0 saturated carbocycles. The fraction of sp³-hybridized carbons (Fsp3) is 0.444. The van der Waals surface area contributed by atoms with Crippen LogP contribution in [0.1, 0.15) is 5.69 Å². The molecular weight excluding hydrogens is 288 g/mol. The molecule has 0 aromatic carbocycles. The SMILES string of the molecule is Cc1c(S(=O)(=O)N(CC(N)=O)CC(N)=O)c(N)nn1C. The minimum atomic E-state index is -4.21. The molecule has 0 atom stereocenters. The van der Waals surface area contributed by atoms with Gasteiger partial charge in [-0.2, -0.15) is 9.40 Å². The van der Waals surface area contributed by atoms with Crippen LogP contribution in [-0.4, -0.2) is 47.4 Å². The highest BCUT2D eigenvalue weighted by atomic mass is 32.2. The lowest BCUT2D eigenvalue weighted by Gasteiger charge is -2.19. The van der Waals surface area contributed by atoms with E-state index in [1.807, 2.05) is 0 Å². The molecule has 1 aromatic rings. The van der Waals surface area contributed by atoms with Gasteiger partial charge in [0.15, 0.2) is 5.82 Å². The van der Waals surface area contributed by atoms with Gasteiger partial charge in [0.25, 0.3) is 0 Å². The Morgan fingerprint density at radius 2 is 1.70 bits per heavy atom. The second-order valence-corrected chi connectivity index (χ2v) is 6.00. The van der Waals surface area contributed by atoms with Gasteiger partial charge in [0.05, 0.1) is 18.8 Å². The van der Waals surface area contributed by atoms with Gasteiger partial charge in [-0.3, -0.25) is 14.3 Å². The molecule has 0 spiro atoms. The molecule has 2 amide bonds. The van der Waals surface area contributed by atoms with Crippen LogP contribution in [0.15, 0.2) is 4.90 Å². The third-order valence-electron chi connectivity index (χ3n) is 2.57. The van der Waals surface area contributed by atoms with Gasteiger partial charge >= 0.3 is 0 Å². The number of rotatable bonds is 6. The number of anilines is 1. The zero-order valence-corrected chi connectivity index (χ0v) is 11.8. The maximum atomic E-state index is 12.4. The fourth-order valence-electron chi connectivity index (χ4n) is 1.64. The quantitative estimate of drug-likeness (QED) is 0.515. The number of hydrogen-bond acceptors (Lipinski definition) is 6. The van der Waals surface area contributed by atoms with Gasteiger partial charge in [0.1, 0.15) is 4.90 Å². The van der Waals surface area contributed by atoms with Gasteiger partial charge in [-0.15, -0.1) is 0 Å². The van der Waals surface area contributed by atoms with Gasteiger partial charge in [-0.05, 0) is 6.92 Å². The van der Waals surface area contributed by atoms with E-state index < -0.39 is 34.9 Å². The molecule has 11 heteroatoms. The highest BCUT2D eigenvalue weighted by Gasteiger charge is 2.33. The van der Waals surface area contributed by atoms with Crippen LogP contribution < -0.4 is 17.2 Å². The van der Waals surface area contributed by atoms with Crippen molar-refractivity contribution in [2.75, 3.05) is 18.8 Å². The first-order valence-electron chi connectivity index (χ1n) is 5.43. The van der Waals surface area contributed by atoms with Crippen LogP contribution in [0.3, 0.4) is 0 Å². The summed E-state index contributed by atoms with van der Waals surface area (Å²) in [6.07, 6.45) is 0. The van der Waals surface area contributed by atoms with Crippen LogP contribution >= 0.6 is 0 Å². The predicted molar refractivity (Wildman–Crippen MR) is 69.5 cm³/mol. The third-order valence-corrected chi connectivity index (χ3v) is 4.53. The Kier molecular flexibility index (Phi) is 4.35. The largest absolute Gasteiger partial charge is 0.381 e. The maximum absolute atomic E-state index is 12.4. The Labute approximate surface area is 115 Å². The van der Waals surface area contributed by atoms with E-state index in [2.05, 4.69) is 5.10 Å². The zero-order valence-electron chi connectivity index (χ0n) is 11.0. The van der Waals surface area contributed by atoms with Crippen LogP contribution in [-0.2, 0) is 26.7 Å². The molecule has 20 heavy (non-hydrogen) atoms. The average molecular weight is 304 g/mol. The van der Waals surface area contributed by atoms with Crippen molar-refractivity contribution < 1.29 is 18.0 Å². The normalized spacial score (nSPS) is 11.8. The van der Waals surface area contributed by atoms with Crippen molar-refractivity contribution in [1.29, 1.82) is 0 Å². The summed E-state index contributed by atoms with van der Waals surface area (Å²) in [5.74, 6) is -2.08. The minimum absolute atomic E-state index is 0.232. The van der Waals surface area contributed by atoms with E-state index in [9.17, 15) is 18.0 Å². The Morgan fingerprint density at radius 3 is 2.00 bits per heavy atom. The highest BCUT2D eigenvalue weighted by molar-refractivity contribution is 7.89. The van der Waals surface area contributed by atoms with Crippen LogP contribution in [0, 0.1) is 6.92 Å². The molecule has 112 valence electrons. The number of aromatic nitrogens is 2. The van der Waals surface area contributed by atoms with Crippen molar-refractivity contribution in [2.24, 2.45) is 18.5 Å². The van der Waals surface area contributed by atoms with E-state index in [0.717, 1.165) is 0 Å². The molecule has 6 N–H and O–H groups in total. The van der Waals surface area contributed by atoms with Crippen LogP contribution in [0.25, 0.3) is 0 Å². The monoisotopic (exact) mass is 304 g/mol. The number of nitrogens with two attached hydrogens (primary N) is 3. The average Bonchev–Trinajstić information content (AvgIpc) is 2.50. The number of amides is 2. The summed E-state index contributed by atoms with van der Waals surface area (Å²) in [5.41, 5.74) is 15.8. The molecule has 0 aliphatic carbocycles. The van der Waals surface area contributed by atoms with Gasteiger partial charge in [0, 0.05) is 7.05 Å². The van der Waals surface area contributed by atoms with E-state index in [4.69, 9.17) is 17.2 Å². The van der Waals surface area contributed by atoms with E-state index in [-0.39, 0.29) is 16.4 Å². The summed E-state index contributed by atoms with van der Waals surface area (Å²) in [7, 11) is -2.70. The summed E-state index contributed by atoms with van der Waals surface area (Å²) in [5, 5.41) is 3.77. The van der Waals surface area contributed by atoms with Gasteiger partial charge < -0.3 is 17.2 Å². The fourth-order valence-corrected chi connectivity index (χ4v) is 3.30. The highest BCUT2D eigenvalue weighted by Crippen LogP contribution is 2.24. The number of carbonyl (C=O) groups excluding carboxylic acids is 2. The molecule has 0 saturated heterocycles. The summed E-state index contributed by atoms with van der Waals surface area (Å²) in [6, 6.07) is 0. The molecule has 1 aromatic heterocycles.